The molecule has 2 aromatic rings. The summed E-state index contributed by atoms with van der Waals surface area (Å²) in [4.78, 5) is 4.86. The van der Waals surface area contributed by atoms with Crippen molar-refractivity contribution in [3.8, 4) is 11.5 Å². The van der Waals surface area contributed by atoms with E-state index in [1.807, 2.05) is 0 Å². The maximum absolute atomic E-state index is 13.4. The van der Waals surface area contributed by atoms with E-state index < -0.39 is 9.84 Å². The fourth-order valence-electron chi connectivity index (χ4n) is 4.56. The van der Waals surface area contributed by atoms with Crippen LogP contribution in [0.2, 0.25) is 0 Å². The molecule has 0 atom stereocenters. The smallest absolute Gasteiger partial charge is 0.206 e. The van der Waals surface area contributed by atoms with Crippen LogP contribution >= 0.6 is 0 Å². The summed E-state index contributed by atoms with van der Waals surface area (Å²) in [7, 11) is -3.76. The summed E-state index contributed by atoms with van der Waals surface area (Å²) in [5.41, 5.74) is 1.27. The SMILES string of the molecule is O=S(=O)(c1ccc(O)c(CN2CCCCC2)c1)c1ccc(O)c(CN2CCCCC2)c1. The lowest BCUT2D eigenvalue weighted by Crippen LogP contribution is -2.29. The molecule has 2 aliphatic rings. The number of sulfone groups is 1. The molecule has 31 heavy (non-hydrogen) atoms. The van der Waals surface area contributed by atoms with Crippen molar-refractivity contribution < 1.29 is 18.6 Å². The first-order chi connectivity index (χ1) is 14.9. The van der Waals surface area contributed by atoms with Crippen LogP contribution in [0.25, 0.3) is 0 Å². The van der Waals surface area contributed by atoms with Crippen LogP contribution in [0.3, 0.4) is 0 Å². The normalized spacial score (nSPS) is 18.8. The molecule has 6 nitrogen and oxygen atoms in total. The molecule has 0 spiro atoms. The molecule has 2 fully saturated rings. The van der Waals surface area contributed by atoms with Crippen molar-refractivity contribution in [2.75, 3.05) is 26.2 Å². The van der Waals surface area contributed by atoms with E-state index in [1.165, 1.54) is 37.1 Å². The Morgan fingerprint density at radius 3 is 1.42 bits per heavy atom. The first kappa shape index (κ1) is 22.1. The Labute approximate surface area is 185 Å². The van der Waals surface area contributed by atoms with Crippen LogP contribution < -0.4 is 0 Å². The Hall–Kier alpha value is -2.09. The third kappa shape index (κ3) is 5.22. The van der Waals surface area contributed by atoms with Crippen LogP contribution in [0, 0.1) is 0 Å². The zero-order valence-electron chi connectivity index (χ0n) is 18.0. The van der Waals surface area contributed by atoms with Gasteiger partial charge in [-0.2, -0.15) is 0 Å². The number of phenolic OH excluding ortho intramolecular Hbond substituents is 2. The van der Waals surface area contributed by atoms with Gasteiger partial charge in [-0.25, -0.2) is 8.42 Å². The number of piperidine rings is 2. The Bertz CT molecular complexity index is 935. The fourth-order valence-corrected chi connectivity index (χ4v) is 5.93. The van der Waals surface area contributed by atoms with E-state index in [4.69, 9.17) is 0 Å². The number of nitrogens with zero attached hydrogens (tertiary/aromatic N) is 2. The molecule has 7 heteroatoms. The summed E-state index contributed by atoms with van der Waals surface area (Å²) < 4.78 is 26.7. The van der Waals surface area contributed by atoms with E-state index >= 15 is 0 Å². The monoisotopic (exact) mass is 444 g/mol. The molecule has 4 rings (SSSR count). The van der Waals surface area contributed by atoms with Gasteiger partial charge in [0.25, 0.3) is 0 Å². The summed E-state index contributed by atoms with van der Waals surface area (Å²) in [5, 5.41) is 20.6. The van der Waals surface area contributed by atoms with Crippen molar-refractivity contribution >= 4 is 9.84 Å². The van der Waals surface area contributed by atoms with Gasteiger partial charge in [-0.15, -0.1) is 0 Å². The van der Waals surface area contributed by atoms with Gasteiger partial charge in [-0.1, -0.05) is 12.8 Å². The number of benzene rings is 2. The highest BCUT2D eigenvalue weighted by molar-refractivity contribution is 7.91. The van der Waals surface area contributed by atoms with Crippen LogP contribution in [-0.4, -0.2) is 54.6 Å². The molecule has 0 unspecified atom stereocenters. The van der Waals surface area contributed by atoms with Crippen LogP contribution in [-0.2, 0) is 22.9 Å². The quantitative estimate of drug-likeness (QED) is 0.703. The average molecular weight is 445 g/mol. The molecule has 2 aliphatic heterocycles. The molecule has 168 valence electrons. The molecule has 0 radical (unpaired) electrons. The number of hydrogen-bond donors (Lipinski definition) is 2. The Kier molecular flexibility index (Phi) is 6.84. The van der Waals surface area contributed by atoms with Crippen molar-refractivity contribution in [1.29, 1.82) is 0 Å². The highest BCUT2D eigenvalue weighted by Gasteiger charge is 2.22. The molecule has 0 aliphatic carbocycles. The molecular weight excluding hydrogens is 412 g/mol. The molecule has 2 aromatic carbocycles. The molecule has 2 saturated heterocycles. The minimum Gasteiger partial charge on any atom is -0.508 e. The number of likely N-dealkylation sites (tertiary alicyclic amines) is 2. The predicted molar refractivity (Wildman–Crippen MR) is 120 cm³/mol. The number of rotatable bonds is 6. The van der Waals surface area contributed by atoms with Crippen molar-refractivity contribution in [2.24, 2.45) is 0 Å². The largest absolute Gasteiger partial charge is 0.508 e. The third-order valence-corrected chi connectivity index (χ3v) is 8.16. The van der Waals surface area contributed by atoms with E-state index in [2.05, 4.69) is 9.80 Å². The van der Waals surface area contributed by atoms with Gasteiger partial charge in [0.1, 0.15) is 11.5 Å². The fraction of sp³-hybridized carbons (Fsp3) is 0.500. The van der Waals surface area contributed by atoms with Crippen LogP contribution in [0.4, 0.5) is 0 Å². The minimum absolute atomic E-state index is 0.126. The second kappa shape index (κ2) is 9.59. The van der Waals surface area contributed by atoms with Gasteiger partial charge < -0.3 is 10.2 Å². The molecule has 2 N–H and O–H groups in total. The Balaban J connectivity index is 1.59. The number of phenols is 2. The third-order valence-electron chi connectivity index (χ3n) is 6.41. The maximum Gasteiger partial charge on any atom is 0.206 e. The zero-order valence-corrected chi connectivity index (χ0v) is 18.8. The number of aromatic hydroxyl groups is 2. The van der Waals surface area contributed by atoms with Gasteiger partial charge in [-0.3, -0.25) is 9.80 Å². The second-order valence-electron chi connectivity index (χ2n) is 8.76. The lowest BCUT2D eigenvalue weighted by molar-refractivity contribution is 0.218. The summed E-state index contributed by atoms with van der Waals surface area (Å²) in [6.07, 6.45) is 6.96. The van der Waals surface area contributed by atoms with Crippen molar-refractivity contribution in [1.82, 2.24) is 9.80 Å². The summed E-state index contributed by atoms with van der Waals surface area (Å²) in [6.45, 7) is 4.96. The van der Waals surface area contributed by atoms with E-state index in [1.54, 1.807) is 12.1 Å². The van der Waals surface area contributed by atoms with Crippen molar-refractivity contribution in [3.05, 3.63) is 47.5 Å². The van der Waals surface area contributed by atoms with Crippen LogP contribution in [0.1, 0.15) is 49.7 Å². The van der Waals surface area contributed by atoms with Crippen LogP contribution in [0.15, 0.2) is 46.2 Å². The molecular formula is C24H32N2O4S. The maximum atomic E-state index is 13.4. The van der Waals surface area contributed by atoms with Crippen LogP contribution in [0.5, 0.6) is 11.5 Å². The lowest BCUT2D eigenvalue weighted by atomic mass is 10.1. The molecule has 2 heterocycles. The molecule has 0 bridgehead atoms. The van der Waals surface area contributed by atoms with Crippen molar-refractivity contribution in [2.45, 2.75) is 61.4 Å². The van der Waals surface area contributed by atoms with Gasteiger partial charge in [0, 0.05) is 24.2 Å². The Morgan fingerprint density at radius 2 is 1.03 bits per heavy atom. The zero-order chi connectivity index (χ0) is 21.8. The van der Waals surface area contributed by atoms with Gasteiger partial charge in [0.05, 0.1) is 9.79 Å². The summed E-state index contributed by atoms with van der Waals surface area (Å²) >= 11 is 0. The van der Waals surface area contributed by atoms with Gasteiger partial charge >= 0.3 is 0 Å². The highest BCUT2D eigenvalue weighted by Crippen LogP contribution is 2.30. The summed E-state index contributed by atoms with van der Waals surface area (Å²) in [5.74, 6) is 0.252. The van der Waals surface area contributed by atoms with Gasteiger partial charge in [0.2, 0.25) is 9.84 Å². The van der Waals surface area contributed by atoms with Gasteiger partial charge in [-0.05, 0) is 88.3 Å². The number of hydrogen-bond acceptors (Lipinski definition) is 6. The van der Waals surface area contributed by atoms with Crippen molar-refractivity contribution in [3.63, 3.8) is 0 Å². The average Bonchev–Trinajstić information content (AvgIpc) is 2.78. The second-order valence-corrected chi connectivity index (χ2v) is 10.7. The Morgan fingerprint density at radius 1 is 0.645 bits per heavy atom. The van der Waals surface area contributed by atoms with E-state index in [-0.39, 0.29) is 21.3 Å². The van der Waals surface area contributed by atoms with E-state index in [0.29, 0.717) is 24.2 Å². The first-order valence-electron chi connectivity index (χ1n) is 11.3. The molecule has 0 saturated carbocycles. The van der Waals surface area contributed by atoms with E-state index in [0.717, 1.165) is 51.9 Å². The van der Waals surface area contributed by atoms with E-state index in [9.17, 15) is 18.6 Å². The molecule has 0 amide bonds. The standard InChI is InChI=1S/C24H32N2O4S/c27-23-9-7-21(15-19(23)17-25-11-3-1-4-12-25)31(29,30)22-8-10-24(28)20(16-22)18-26-13-5-2-6-14-26/h7-10,15-16,27-28H,1-6,11-14,17-18H2. The van der Waals surface area contributed by atoms with Gasteiger partial charge in [0.15, 0.2) is 0 Å². The topological polar surface area (TPSA) is 81.1 Å². The first-order valence-corrected chi connectivity index (χ1v) is 12.8. The predicted octanol–water partition coefficient (Wildman–Crippen LogP) is 3.90. The highest BCUT2D eigenvalue weighted by atomic mass is 32.2. The minimum atomic E-state index is -3.76. The lowest BCUT2D eigenvalue weighted by Gasteiger charge is -2.27. The molecule has 0 aromatic heterocycles. The summed E-state index contributed by atoms with van der Waals surface area (Å²) in [6, 6.07) is 9.05.